The SMILES string of the molecule is CCCNc1ncc(C)c(N2CCC(CO)C2)n1. The van der Waals surface area contributed by atoms with E-state index in [1.54, 1.807) is 0 Å². The topological polar surface area (TPSA) is 61.3 Å². The van der Waals surface area contributed by atoms with E-state index in [2.05, 4.69) is 27.1 Å². The molecule has 1 unspecified atom stereocenters. The molecule has 1 aliphatic heterocycles. The maximum Gasteiger partial charge on any atom is 0.224 e. The Bertz CT molecular complexity index is 397. The van der Waals surface area contributed by atoms with Crippen LogP contribution in [0.15, 0.2) is 6.20 Å². The minimum Gasteiger partial charge on any atom is -0.396 e. The van der Waals surface area contributed by atoms with Gasteiger partial charge in [-0.05, 0) is 19.8 Å². The van der Waals surface area contributed by atoms with Gasteiger partial charge in [-0.15, -0.1) is 0 Å². The van der Waals surface area contributed by atoms with E-state index in [-0.39, 0.29) is 6.61 Å². The smallest absolute Gasteiger partial charge is 0.224 e. The third kappa shape index (κ3) is 2.90. The monoisotopic (exact) mass is 250 g/mol. The molecular weight excluding hydrogens is 228 g/mol. The van der Waals surface area contributed by atoms with Crippen molar-refractivity contribution in [3.63, 3.8) is 0 Å². The van der Waals surface area contributed by atoms with Gasteiger partial charge in [0.1, 0.15) is 5.82 Å². The van der Waals surface area contributed by atoms with E-state index >= 15 is 0 Å². The van der Waals surface area contributed by atoms with Crippen molar-refractivity contribution in [1.29, 1.82) is 0 Å². The van der Waals surface area contributed by atoms with Gasteiger partial charge in [0.25, 0.3) is 0 Å². The maximum atomic E-state index is 9.20. The summed E-state index contributed by atoms with van der Waals surface area (Å²) in [5.74, 6) is 2.08. The van der Waals surface area contributed by atoms with Crippen LogP contribution in [0.25, 0.3) is 0 Å². The molecule has 2 heterocycles. The lowest BCUT2D eigenvalue weighted by molar-refractivity contribution is 0.238. The first kappa shape index (κ1) is 13.1. The largest absolute Gasteiger partial charge is 0.396 e. The molecule has 1 atom stereocenters. The minimum absolute atomic E-state index is 0.265. The van der Waals surface area contributed by atoms with Gasteiger partial charge < -0.3 is 15.3 Å². The molecule has 1 aromatic rings. The quantitative estimate of drug-likeness (QED) is 0.827. The molecule has 5 heteroatoms. The van der Waals surface area contributed by atoms with Crippen molar-refractivity contribution in [2.75, 3.05) is 36.5 Å². The first-order valence-electron chi connectivity index (χ1n) is 6.68. The Morgan fingerprint density at radius 3 is 3.06 bits per heavy atom. The summed E-state index contributed by atoms with van der Waals surface area (Å²) in [6.45, 7) is 7.17. The second kappa shape index (κ2) is 6.00. The molecule has 0 amide bonds. The molecule has 2 rings (SSSR count). The van der Waals surface area contributed by atoms with Gasteiger partial charge in [0.15, 0.2) is 0 Å². The van der Waals surface area contributed by atoms with Crippen molar-refractivity contribution in [2.24, 2.45) is 5.92 Å². The van der Waals surface area contributed by atoms with Crippen molar-refractivity contribution in [3.05, 3.63) is 11.8 Å². The summed E-state index contributed by atoms with van der Waals surface area (Å²) in [7, 11) is 0. The lowest BCUT2D eigenvalue weighted by Gasteiger charge is -2.20. The number of nitrogens with zero attached hydrogens (tertiary/aromatic N) is 3. The van der Waals surface area contributed by atoms with Crippen LogP contribution in [0.4, 0.5) is 11.8 Å². The van der Waals surface area contributed by atoms with E-state index in [1.165, 1.54) is 0 Å². The first-order chi connectivity index (χ1) is 8.74. The van der Waals surface area contributed by atoms with Gasteiger partial charge in [-0.3, -0.25) is 0 Å². The van der Waals surface area contributed by atoms with Gasteiger partial charge in [-0.2, -0.15) is 4.98 Å². The van der Waals surface area contributed by atoms with Crippen molar-refractivity contribution in [1.82, 2.24) is 9.97 Å². The summed E-state index contributed by atoms with van der Waals surface area (Å²) in [6.07, 6.45) is 3.97. The summed E-state index contributed by atoms with van der Waals surface area (Å²) in [5.41, 5.74) is 1.09. The minimum atomic E-state index is 0.265. The van der Waals surface area contributed by atoms with Crippen LogP contribution in [-0.4, -0.2) is 41.3 Å². The van der Waals surface area contributed by atoms with Gasteiger partial charge in [0, 0.05) is 43.9 Å². The summed E-state index contributed by atoms with van der Waals surface area (Å²) in [5, 5.41) is 12.4. The second-order valence-electron chi connectivity index (χ2n) is 4.91. The zero-order valence-electron chi connectivity index (χ0n) is 11.2. The van der Waals surface area contributed by atoms with Gasteiger partial charge in [0.2, 0.25) is 5.95 Å². The Labute approximate surface area is 108 Å². The van der Waals surface area contributed by atoms with Crippen LogP contribution in [0.2, 0.25) is 0 Å². The Kier molecular flexibility index (Phi) is 4.36. The molecule has 5 nitrogen and oxygen atoms in total. The van der Waals surface area contributed by atoms with E-state index < -0.39 is 0 Å². The predicted octanol–water partition coefficient (Wildman–Crippen LogP) is 1.43. The fraction of sp³-hybridized carbons (Fsp3) is 0.692. The first-order valence-corrected chi connectivity index (χ1v) is 6.68. The number of hydrogen-bond acceptors (Lipinski definition) is 5. The molecule has 100 valence electrons. The average Bonchev–Trinajstić information content (AvgIpc) is 2.86. The Morgan fingerprint density at radius 2 is 2.39 bits per heavy atom. The zero-order chi connectivity index (χ0) is 13.0. The number of rotatable bonds is 5. The van der Waals surface area contributed by atoms with Gasteiger partial charge in [-0.1, -0.05) is 6.92 Å². The van der Waals surface area contributed by atoms with Gasteiger partial charge in [0.05, 0.1) is 0 Å². The van der Waals surface area contributed by atoms with Crippen LogP contribution in [0.5, 0.6) is 0 Å². The maximum absolute atomic E-state index is 9.20. The summed E-state index contributed by atoms with van der Waals surface area (Å²) >= 11 is 0. The van der Waals surface area contributed by atoms with Crippen LogP contribution >= 0.6 is 0 Å². The third-order valence-corrected chi connectivity index (χ3v) is 3.32. The number of nitrogens with one attached hydrogen (secondary N) is 1. The van der Waals surface area contributed by atoms with E-state index in [9.17, 15) is 5.11 Å². The van der Waals surface area contributed by atoms with Gasteiger partial charge >= 0.3 is 0 Å². The molecule has 1 aromatic heterocycles. The Morgan fingerprint density at radius 1 is 1.56 bits per heavy atom. The van der Waals surface area contributed by atoms with Crippen molar-refractivity contribution in [2.45, 2.75) is 26.7 Å². The number of aromatic nitrogens is 2. The molecule has 0 saturated carbocycles. The molecule has 0 aliphatic carbocycles. The van der Waals surface area contributed by atoms with Crippen LogP contribution in [0.3, 0.4) is 0 Å². The molecule has 1 saturated heterocycles. The molecule has 18 heavy (non-hydrogen) atoms. The second-order valence-corrected chi connectivity index (χ2v) is 4.91. The molecule has 0 bridgehead atoms. The Hall–Kier alpha value is -1.36. The van der Waals surface area contributed by atoms with Crippen LogP contribution in [-0.2, 0) is 0 Å². The highest BCUT2D eigenvalue weighted by atomic mass is 16.3. The third-order valence-electron chi connectivity index (χ3n) is 3.32. The summed E-state index contributed by atoms with van der Waals surface area (Å²) in [4.78, 5) is 11.1. The zero-order valence-corrected chi connectivity index (χ0v) is 11.2. The highest BCUT2D eigenvalue weighted by molar-refractivity contribution is 5.49. The van der Waals surface area contributed by atoms with Crippen LogP contribution in [0.1, 0.15) is 25.3 Å². The normalized spacial score (nSPS) is 19.3. The highest BCUT2D eigenvalue weighted by Crippen LogP contribution is 2.25. The molecule has 1 aliphatic rings. The Balaban J connectivity index is 2.11. The molecular formula is C13H22N4O. The van der Waals surface area contributed by atoms with Crippen molar-refractivity contribution in [3.8, 4) is 0 Å². The molecule has 0 aromatic carbocycles. The standard InChI is InChI=1S/C13H22N4O/c1-3-5-14-13-15-7-10(2)12(16-13)17-6-4-11(8-17)9-18/h7,11,18H,3-6,8-9H2,1-2H3,(H,14,15,16). The van der Waals surface area contributed by atoms with Crippen molar-refractivity contribution < 1.29 is 5.11 Å². The van der Waals surface area contributed by atoms with Crippen LogP contribution < -0.4 is 10.2 Å². The fourth-order valence-corrected chi connectivity index (χ4v) is 2.25. The lowest BCUT2D eigenvalue weighted by Crippen LogP contribution is -2.23. The van der Waals surface area contributed by atoms with E-state index in [0.717, 1.165) is 43.9 Å². The van der Waals surface area contributed by atoms with E-state index in [4.69, 9.17) is 0 Å². The number of aliphatic hydroxyl groups excluding tert-OH is 1. The molecule has 0 radical (unpaired) electrons. The number of anilines is 2. The number of aliphatic hydroxyl groups is 1. The summed E-state index contributed by atoms with van der Waals surface area (Å²) < 4.78 is 0. The van der Waals surface area contributed by atoms with E-state index in [0.29, 0.717) is 11.9 Å². The average molecular weight is 250 g/mol. The number of aryl methyl sites for hydroxylation is 1. The molecule has 1 fully saturated rings. The van der Waals surface area contributed by atoms with Crippen molar-refractivity contribution >= 4 is 11.8 Å². The fourth-order valence-electron chi connectivity index (χ4n) is 2.25. The van der Waals surface area contributed by atoms with Gasteiger partial charge in [-0.25, -0.2) is 4.98 Å². The molecule has 2 N–H and O–H groups in total. The van der Waals surface area contributed by atoms with Crippen LogP contribution in [0, 0.1) is 12.8 Å². The molecule has 0 spiro atoms. The predicted molar refractivity (Wildman–Crippen MR) is 73.0 cm³/mol. The van der Waals surface area contributed by atoms with E-state index in [1.807, 2.05) is 13.1 Å². The summed E-state index contributed by atoms with van der Waals surface area (Å²) in [6, 6.07) is 0. The highest BCUT2D eigenvalue weighted by Gasteiger charge is 2.24. The lowest BCUT2D eigenvalue weighted by atomic mass is 10.1. The number of hydrogen-bond donors (Lipinski definition) is 2.